The second kappa shape index (κ2) is 7.65. The topological polar surface area (TPSA) is 3.24 Å². The molecule has 0 spiro atoms. The van der Waals surface area contributed by atoms with E-state index >= 15 is 0 Å². The maximum absolute atomic E-state index is 2.52. The molecule has 1 fully saturated rings. The first-order chi connectivity index (χ1) is 8.31. The summed E-state index contributed by atoms with van der Waals surface area (Å²) in [5.74, 6) is 0. The molecule has 1 saturated heterocycles. The van der Waals surface area contributed by atoms with Crippen molar-refractivity contribution in [1.82, 2.24) is 0 Å². The molecule has 1 aromatic carbocycles. The van der Waals surface area contributed by atoms with Gasteiger partial charge in [-0.3, -0.25) is 0 Å². The molecule has 0 atom stereocenters. The fraction of sp³-hybridized carbons (Fsp3) is 0.600. The molecule has 0 N–H and O–H groups in total. The molecule has 0 unspecified atom stereocenters. The number of hydrogen-bond donors (Lipinski definition) is 0. The molecule has 0 saturated carbocycles. The number of hydrogen-bond acceptors (Lipinski definition) is 2. The largest absolute Gasteiger partial charge is 0.372 e. The Labute approximate surface area is 111 Å². The molecule has 0 amide bonds. The van der Waals surface area contributed by atoms with Crippen LogP contribution >= 0.6 is 11.8 Å². The van der Waals surface area contributed by atoms with Crippen LogP contribution in [0.1, 0.15) is 38.7 Å². The Morgan fingerprint density at radius 2 is 1.71 bits per heavy atom. The summed E-state index contributed by atoms with van der Waals surface area (Å²) in [6.07, 6.45) is 6.25. The summed E-state index contributed by atoms with van der Waals surface area (Å²) < 4.78 is 0. The van der Waals surface area contributed by atoms with Crippen molar-refractivity contribution in [1.29, 1.82) is 0 Å². The number of piperidine rings is 1. The van der Waals surface area contributed by atoms with Crippen LogP contribution in [0, 0.1) is 6.92 Å². The monoisotopic (exact) mass is 251 g/mol. The highest BCUT2D eigenvalue weighted by Gasteiger charge is 2.11. The van der Waals surface area contributed by atoms with Gasteiger partial charge < -0.3 is 4.90 Å². The van der Waals surface area contributed by atoms with Crippen LogP contribution in [0.15, 0.2) is 23.1 Å². The van der Waals surface area contributed by atoms with Crippen LogP contribution in [-0.2, 0) is 0 Å². The van der Waals surface area contributed by atoms with Gasteiger partial charge in [0.1, 0.15) is 0 Å². The van der Waals surface area contributed by atoms with E-state index in [2.05, 4.69) is 36.3 Å². The fourth-order valence-electron chi connectivity index (χ4n) is 2.16. The summed E-state index contributed by atoms with van der Waals surface area (Å²) in [6, 6.07) is 6.85. The molecular weight excluding hydrogens is 226 g/mol. The lowest BCUT2D eigenvalue weighted by Gasteiger charge is -2.29. The van der Waals surface area contributed by atoms with Gasteiger partial charge in [-0.05, 0) is 50.1 Å². The zero-order valence-electron chi connectivity index (χ0n) is 11.6. The molecule has 2 heteroatoms. The minimum absolute atomic E-state index is 1.23. The van der Waals surface area contributed by atoms with Gasteiger partial charge in [-0.2, -0.15) is 0 Å². The van der Waals surface area contributed by atoms with E-state index in [1.165, 1.54) is 48.5 Å². The van der Waals surface area contributed by atoms with Crippen LogP contribution in [0.5, 0.6) is 0 Å². The molecule has 17 heavy (non-hydrogen) atoms. The number of rotatable bonds is 2. The summed E-state index contributed by atoms with van der Waals surface area (Å²) >= 11 is 1.85. The van der Waals surface area contributed by atoms with E-state index in [-0.39, 0.29) is 0 Å². The Hall–Kier alpha value is -0.630. The maximum Gasteiger partial charge on any atom is 0.0377 e. The van der Waals surface area contributed by atoms with Gasteiger partial charge in [-0.25, -0.2) is 0 Å². The van der Waals surface area contributed by atoms with Crippen molar-refractivity contribution in [2.45, 2.75) is 44.9 Å². The number of benzene rings is 1. The third-order valence-electron chi connectivity index (χ3n) is 3.11. The van der Waals surface area contributed by atoms with Crippen molar-refractivity contribution in [3.8, 4) is 0 Å². The summed E-state index contributed by atoms with van der Waals surface area (Å²) in [7, 11) is 0. The van der Waals surface area contributed by atoms with Crippen LogP contribution in [0.25, 0.3) is 0 Å². The molecule has 1 nitrogen and oxygen atoms in total. The second-order valence-corrected chi connectivity index (χ2v) is 5.05. The van der Waals surface area contributed by atoms with E-state index in [0.29, 0.717) is 0 Å². The SMILES string of the molecule is CC.CSc1cc(N2CCCCC2)ccc1C. The van der Waals surface area contributed by atoms with Crippen LogP contribution in [0.2, 0.25) is 0 Å². The average Bonchev–Trinajstić information content (AvgIpc) is 2.42. The van der Waals surface area contributed by atoms with Gasteiger partial charge in [0.25, 0.3) is 0 Å². The molecule has 0 bridgehead atoms. The van der Waals surface area contributed by atoms with E-state index in [9.17, 15) is 0 Å². The molecule has 1 aliphatic heterocycles. The van der Waals surface area contributed by atoms with Crippen LogP contribution in [0.4, 0.5) is 5.69 Å². The lowest BCUT2D eigenvalue weighted by Crippen LogP contribution is -2.29. The normalized spacial score (nSPS) is 15.2. The molecule has 2 rings (SSSR count). The first-order valence-corrected chi connectivity index (χ1v) is 7.93. The van der Waals surface area contributed by atoms with E-state index in [1.54, 1.807) is 0 Å². The van der Waals surface area contributed by atoms with Crippen molar-refractivity contribution in [3.63, 3.8) is 0 Å². The molecule has 0 aromatic heterocycles. The standard InChI is InChI=1S/C13H19NS.C2H6/c1-11-6-7-12(10-13(11)15-2)14-8-4-3-5-9-14;1-2/h6-7,10H,3-5,8-9H2,1-2H3;1-2H3. The molecule has 0 aliphatic carbocycles. The number of nitrogens with zero attached hydrogens (tertiary/aromatic N) is 1. The van der Waals surface area contributed by atoms with Gasteiger partial charge >= 0.3 is 0 Å². The zero-order chi connectivity index (χ0) is 12.7. The first kappa shape index (κ1) is 14.4. The van der Waals surface area contributed by atoms with Crippen LogP contribution in [-0.4, -0.2) is 19.3 Å². The zero-order valence-corrected chi connectivity index (χ0v) is 12.4. The molecule has 0 radical (unpaired) electrons. The third kappa shape index (κ3) is 3.95. The Morgan fingerprint density at radius 3 is 2.29 bits per heavy atom. The van der Waals surface area contributed by atoms with Crippen LogP contribution in [0.3, 0.4) is 0 Å². The Morgan fingerprint density at radius 1 is 1.06 bits per heavy atom. The summed E-state index contributed by atoms with van der Waals surface area (Å²) in [5.41, 5.74) is 2.80. The van der Waals surface area contributed by atoms with Gasteiger partial charge in [0.2, 0.25) is 0 Å². The number of anilines is 1. The summed E-state index contributed by atoms with van der Waals surface area (Å²) in [4.78, 5) is 3.93. The highest BCUT2D eigenvalue weighted by molar-refractivity contribution is 7.98. The Balaban J connectivity index is 0.000000686. The maximum atomic E-state index is 2.52. The summed E-state index contributed by atoms with van der Waals surface area (Å²) in [5, 5.41) is 0. The quantitative estimate of drug-likeness (QED) is 0.699. The fourth-order valence-corrected chi connectivity index (χ4v) is 2.79. The van der Waals surface area contributed by atoms with E-state index < -0.39 is 0 Å². The average molecular weight is 251 g/mol. The summed E-state index contributed by atoms with van der Waals surface area (Å²) in [6.45, 7) is 8.65. The third-order valence-corrected chi connectivity index (χ3v) is 3.99. The molecular formula is C15H25NS. The van der Waals surface area contributed by atoms with Gasteiger partial charge in [-0.15, -0.1) is 11.8 Å². The lowest BCUT2D eigenvalue weighted by atomic mass is 10.1. The van der Waals surface area contributed by atoms with E-state index in [4.69, 9.17) is 0 Å². The minimum atomic E-state index is 1.23. The molecule has 1 heterocycles. The van der Waals surface area contributed by atoms with Gasteiger partial charge in [0, 0.05) is 23.7 Å². The Kier molecular flexibility index (Phi) is 6.49. The van der Waals surface area contributed by atoms with Gasteiger partial charge in [0.05, 0.1) is 0 Å². The van der Waals surface area contributed by atoms with Crippen molar-refractivity contribution in [3.05, 3.63) is 23.8 Å². The highest BCUT2D eigenvalue weighted by Crippen LogP contribution is 2.27. The molecule has 96 valence electrons. The second-order valence-electron chi connectivity index (χ2n) is 4.20. The predicted molar refractivity (Wildman–Crippen MR) is 80.4 cm³/mol. The van der Waals surface area contributed by atoms with E-state index in [0.717, 1.165) is 0 Å². The van der Waals surface area contributed by atoms with Gasteiger partial charge in [0.15, 0.2) is 0 Å². The smallest absolute Gasteiger partial charge is 0.0377 e. The molecule has 1 aliphatic rings. The predicted octanol–water partition coefficient (Wildman–Crippen LogP) is 4.73. The van der Waals surface area contributed by atoms with Crippen molar-refractivity contribution in [2.24, 2.45) is 0 Å². The van der Waals surface area contributed by atoms with Crippen molar-refractivity contribution in [2.75, 3.05) is 24.2 Å². The molecule has 1 aromatic rings. The highest BCUT2D eigenvalue weighted by atomic mass is 32.2. The van der Waals surface area contributed by atoms with Crippen molar-refractivity contribution < 1.29 is 0 Å². The minimum Gasteiger partial charge on any atom is -0.372 e. The van der Waals surface area contributed by atoms with Crippen molar-refractivity contribution >= 4 is 17.4 Å². The first-order valence-electron chi connectivity index (χ1n) is 6.71. The van der Waals surface area contributed by atoms with Crippen LogP contribution < -0.4 is 4.90 Å². The lowest BCUT2D eigenvalue weighted by molar-refractivity contribution is 0.577. The number of thioether (sulfide) groups is 1. The van der Waals surface area contributed by atoms with Gasteiger partial charge in [-0.1, -0.05) is 19.9 Å². The Bertz CT molecular complexity index is 330. The number of aryl methyl sites for hydroxylation is 1. The van der Waals surface area contributed by atoms with E-state index in [1.807, 2.05) is 25.6 Å².